The van der Waals surface area contributed by atoms with E-state index < -0.39 is 12.1 Å². The lowest BCUT2D eigenvalue weighted by Gasteiger charge is -2.10. The summed E-state index contributed by atoms with van der Waals surface area (Å²) in [5, 5.41) is 23.3. The lowest BCUT2D eigenvalue weighted by atomic mass is 10.2. The molecule has 0 bridgehead atoms. The molecule has 0 aliphatic carbocycles. The topological polar surface area (TPSA) is 98.7 Å². The highest BCUT2D eigenvalue weighted by atomic mass is 35.5. The van der Waals surface area contributed by atoms with Crippen LogP contribution in [0.5, 0.6) is 0 Å². The fourth-order valence-electron chi connectivity index (χ4n) is 1.41. The van der Waals surface area contributed by atoms with Crippen molar-refractivity contribution in [2.24, 2.45) is 0 Å². The van der Waals surface area contributed by atoms with Gasteiger partial charge in [-0.15, -0.1) is 11.6 Å². The minimum absolute atomic E-state index is 0.0933. The van der Waals surface area contributed by atoms with Gasteiger partial charge in [-0.2, -0.15) is 0 Å². The second-order valence-corrected chi connectivity index (χ2v) is 4.47. The highest BCUT2D eigenvalue weighted by Gasteiger charge is 2.06. The van der Waals surface area contributed by atoms with Crippen molar-refractivity contribution in [2.75, 3.05) is 24.3 Å². The van der Waals surface area contributed by atoms with Crippen LogP contribution in [0.15, 0.2) is 24.3 Å². The highest BCUT2D eigenvalue weighted by Crippen LogP contribution is 2.09. The second-order valence-electron chi connectivity index (χ2n) is 4.17. The molecule has 0 saturated carbocycles. The van der Waals surface area contributed by atoms with Crippen molar-refractivity contribution in [3.8, 4) is 0 Å². The zero-order valence-corrected chi connectivity index (χ0v) is 11.6. The van der Waals surface area contributed by atoms with Crippen molar-refractivity contribution in [2.45, 2.75) is 12.5 Å². The SMILES string of the molecule is O=C(O)CCNC(=O)c1ccc(NCC(O)CCl)cc1. The van der Waals surface area contributed by atoms with E-state index in [-0.39, 0.29) is 24.8 Å². The molecule has 1 amide bonds. The van der Waals surface area contributed by atoms with E-state index in [1.165, 1.54) is 0 Å². The number of alkyl halides is 1. The minimum atomic E-state index is -0.956. The molecule has 0 radical (unpaired) electrons. The Balaban J connectivity index is 2.45. The van der Waals surface area contributed by atoms with Gasteiger partial charge in [0.1, 0.15) is 0 Å². The molecule has 0 saturated heterocycles. The molecule has 1 rings (SSSR count). The number of hydrogen-bond acceptors (Lipinski definition) is 4. The standard InChI is InChI=1S/C13H17ClN2O4/c14-7-11(17)8-16-10-3-1-9(2-4-10)13(20)15-6-5-12(18)19/h1-4,11,16-17H,5-8H2,(H,15,20)(H,18,19). The van der Waals surface area contributed by atoms with Gasteiger partial charge in [0.05, 0.1) is 18.4 Å². The van der Waals surface area contributed by atoms with Crippen LogP contribution in [-0.2, 0) is 4.79 Å². The first kappa shape index (κ1) is 16.3. The van der Waals surface area contributed by atoms with Crippen molar-refractivity contribution < 1.29 is 19.8 Å². The third-order valence-electron chi connectivity index (χ3n) is 2.49. The Bertz CT molecular complexity index is 450. The van der Waals surface area contributed by atoms with Crippen LogP contribution < -0.4 is 10.6 Å². The number of rotatable bonds is 8. The van der Waals surface area contributed by atoms with Crippen molar-refractivity contribution in [3.63, 3.8) is 0 Å². The van der Waals surface area contributed by atoms with Crippen LogP contribution in [-0.4, -0.2) is 47.2 Å². The normalized spacial score (nSPS) is 11.7. The lowest BCUT2D eigenvalue weighted by Crippen LogP contribution is -2.26. The molecule has 6 nitrogen and oxygen atoms in total. The van der Waals surface area contributed by atoms with Gasteiger partial charge in [0.25, 0.3) is 5.91 Å². The van der Waals surface area contributed by atoms with Gasteiger partial charge >= 0.3 is 5.97 Å². The summed E-state index contributed by atoms with van der Waals surface area (Å²) >= 11 is 5.47. The molecule has 4 N–H and O–H groups in total. The number of carboxylic acids is 1. The van der Waals surface area contributed by atoms with Crippen LogP contribution in [0.1, 0.15) is 16.8 Å². The van der Waals surface area contributed by atoms with Gasteiger partial charge in [-0.25, -0.2) is 0 Å². The smallest absolute Gasteiger partial charge is 0.305 e. The van der Waals surface area contributed by atoms with Crippen LogP contribution in [0.2, 0.25) is 0 Å². The van der Waals surface area contributed by atoms with E-state index in [9.17, 15) is 14.7 Å². The number of carbonyl (C=O) groups is 2. The quantitative estimate of drug-likeness (QED) is 0.535. The zero-order chi connectivity index (χ0) is 15.0. The molecule has 7 heteroatoms. The number of carbonyl (C=O) groups excluding carboxylic acids is 1. The number of carboxylic acid groups (broad SMARTS) is 1. The summed E-state index contributed by atoms with van der Waals surface area (Å²) < 4.78 is 0. The monoisotopic (exact) mass is 300 g/mol. The number of aliphatic carboxylic acids is 1. The van der Waals surface area contributed by atoms with Gasteiger partial charge in [-0.05, 0) is 24.3 Å². The number of hydrogen-bond donors (Lipinski definition) is 4. The summed E-state index contributed by atoms with van der Waals surface area (Å²) in [5.74, 6) is -1.13. The summed E-state index contributed by atoms with van der Waals surface area (Å²) in [5.41, 5.74) is 1.20. The van der Waals surface area contributed by atoms with Gasteiger partial charge < -0.3 is 20.8 Å². The Labute approximate surface area is 121 Å². The average molecular weight is 301 g/mol. The van der Waals surface area contributed by atoms with Crippen LogP contribution in [0.4, 0.5) is 5.69 Å². The second kappa shape index (κ2) is 8.39. The predicted molar refractivity (Wildman–Crippen MR) is 76.2 cm³/mol. The van der Waals surface area contributed by atoms with Gasteiger partial charge in [0, 0.05) is 24.3 Å². The molecule has 1 aromatic rings. The van der Waals surface area contributed by atoms with Gasteiger partial charge in [0.15, 0.2) is 0 Å². The van der Waals surface area contributed by atoms with Crippen LogP contribution >= 0.6 is 11.6 Å². The maximum Gasteiger partial charge on any atom is 0.305 e. The fourth-order valence-corrected chi connectivity index (χ4v) is 1.52. The number of amides is 1. The molecule has 0 aliphatic heterocycles. The van der Waals surface area contributed by atoms with E-state index in [0.717, 1.165) is 5.69 Å². The molecular weight excluding hydrogens is 284 g/mol. The fraction of sp³-hybridized carbons (Fsp3) is 0.385. The number of anilines is 1. The van der Waals surface area contributed by atoms with E-state index in [1.807, 2.05) is 0 Å². The van der Waals surface area contributed by atoms with Crippen molar-refractivity contribution >= 4 is 29.2 Å². The molecule has 110 valence electrons. The zero-order valence-electron chi connectivity index (χ0n) is 10.8. The predicted octanol–water partition coefficient (Wildman–Crippen LogP) is 0.903. The first-order valence-corrected chi connectivity index (χ1v) is 6.64. The lowest BCUT2D eigenvalue weighted by molar-refractivity contribution is -0.136. The maximum atomic E-state index is 11.7. The van der Waals surface area contributed by atoms with Gasteiger partial charge in [0.2, 0.25) is 0 Å². The third-order valence-corrected chi connectivity index (χ3v) is 2.85. The first-order valence-electron chi connectivity index (χ1n) is 6.11. The Hall–Kier alpha value is -1.79. The van der Waals surface area contributed by atoms with E-state index in [0.29, 0.717) is 12.1 Å². The molecule has 0 fully saturated rings. The number of halogens is 1. The van der Waals surface area contributed by atoms with Crippen molar-refractivity contribution in [1.82, 2.24) is 5.32 Å². The largest absolute Gasteiger partial charge is 0.481 e. The minimum Gasteiger partial charge on any atom is -0.481 e. The molecule has 0 aliphatic rings. The number of benzene rings is 1. The molecule has 0 heterocycles. The first-order chi connectivity index (χ1) is 9.52. The molecule has 20 heavy (non-hydrogen) atoms. The van der Waals surface area contributed by atoms with E-state index in [2.05, 4.69) is 10.6 Å². The Kier molecular flexibility index (Phi) is 6.83. The number of nitrogens with one attached hydrogen (secondary N) is 2. The molecule has 1 unspecified atom stereocenters. The van der Waals surface area contributed by atoms with Crippen molar-refractivity contribution in [1.29, 1.82) is 0 Å². The van der Waals surface area contributed by atoms with Crippen LogP contribution in [0.3, 0.4) is 0 Å². The van der Waals surface area contributed by atoms with Gasteiger partial charge in [-0.3, -0.25) is 9.59 Å². The Morgan fingerprint density at radius 3 is 2.45 bits per heavy atom. The average Bonchev–Trinajstić information content (AvgIpc) is 2.44. The molecule has 1 aromatic carbocycles. The van der Waals surface area contributed by atoms with Crippen LogP contribution in [0, 0.1) is 0 Å². The third kappa shape index (κ3) is 5.90. The molecule has 0 aromatic heterocycles. The van der Waals surface area contributed by atoms with E-state index in [1.54, 1.807) is 24.3 Å². The summed E-state index contributed by atoms with van der Waals surface area (Å²) in [4.78, 5) is 22.0. The molecular formula is C13H17ClN2O4. The highest BCUT2D eigenvalue weighted by molar-refractivity contribution is 6.18. The van der Waals surface area contributed by atoms with Crippen LogP contribution in [0.25, 0.3) is 0 Å². The molecule has 0 spiro atoms. The van der Waals surface area contributed by atoms with Crippen molar-refractivity contribution in [3.05, 3.63) is 29.8 Å². The van der Waals surface area contributed by atoms with E-state index >= 15 is 0 Å². The Morgan fingerprint density at radius 1 is 1.25 bits per heavy atom. The summed E-state index contributed by atoms with van der Waals surface area (Å²) in [7, 11) is 0. The summed E-state index contributed by atoms with van der Waals surface area (Å²) in [6, 6.07) is 6.64. The van der Waals surface area contributed by atoms with Gasteiger partial charge in [-0.1, -0.05) is 0 Å². The Morgan fingerprint density at radius 2 is 1.90 bits per heavy atom. The maximum absolute atomic E-state index is 11.7. The van der Waals surface area contributed by atoms with E-state index in [4.69, 9.17) is 16.7 Å². The molecule has 1 atom stereocenters. The summed E-state index contributed by atoms with van der Waals surface area (Å²) in [6.45, 7) is 0.420. The number of aliphatic hydroxyl groups excluding tert-OH is 1. The summed E-state index contributed by atoms with van der Waals surface area (Å²) in [6.07, 6.45) is -0.738. The number of aliphatic hydroxyl groups is 1.